The Kier molecular flexibility index (Phi) is 6.53. The molecular weight excluding hydrogens is 453 g/mol. The molecule has 2 aliphatic rings. The summed E-state index contributed by atoms with van der Waals surface area (Å²) in [7, 11) is 0. The third-order valence-corrected chi connectivity index (χ3v) is 5.89. The highest BCUT2D eigenvalue weighted by molar-refractivity contribution is 6.30. The third-order valence-electron chi connectivity index (χ3n) is 5.67. The second-order valence-corrected chi connectivity index (χ2v) is 8.50. The van der Waals surface area contributed by atoms with Crippen molar-refractivity contribution in [3.63, 3.8) is 0 Å². The first kappa shape index (κ1) is 23.0. The maximum Gasteiger partial charge on any atom is 0.410 e. The predicted octanol–water partition coefficient (Wildman–Crippen LogP) is 3.07. The highest BCUT2D eigenvalue weighted by Crippen LogP contribution is 2.30. The molecule has 1 atom stereocenters. The number of rotatable bonds is 5. The Bertz CT molecular complexity index is 1070. The summed E-state index contributed by atoms with van der Waals surface area (Å²) in [4.78, 5) is 40.8. The fourth-order valence-corrected chi connectivity index (χ4v) is 4.25. The summed E-state index contributed by atoms with van der Waals surface area (Å²) in [5.74, 6) is -3.82. The molecule has 0 radical (unpaired) electrons. The number of carbonyl (C=O) groups is 3. The van der Waals surface area contributed by atoms with Gasteiger partial charge in [0, 0.05) is 48.9 Å². The fraction of sp³-hybridized carbons (Fsp3) is 0.348. The van der Waals surface area contributed by atoms with Crippen LogP contribution in [0.1, 0.15) is 35.2 Å². The van der Waals surface area contributed by atoms with Gasteiger partial charge in [0.25, 0.3) is 17.6 Å². The van der Waals surface area contributed by atoms with Crippen LogP contribution < -0.4 is 10.2 Å². The summed E-state index contributed by atoms with van der Waals surface area (Å²) in [5, 5.41) is 13.2. The largest absolute Gasteiger partial charge is 0.410 e. The maximum atomic E-state index is 13.4. The standard InChI is InChI=1S/C23H23ClFN3O5/c24-17-10-15(11-18(25)13-17)14-26-22(31)33-23(32)6-9-28(21(23)30)19-5-3-4-16(12-19)20(29)27-7-1-2-8-27/h3-5,10-13,32H,1-2,6-9,14H2,(H,26,31)/t23-/m0/s1. The van der Waals surface area contributed by atoms with E-state index in [2.05, 4.69) is 5.32 Å². The van der Waals surface area contributed by atoms with Crippen molar-refractivity contribution in [1.82, 2.24) is 10.2 Å². The number of anilines is 1. The van der Waals surface area contributed by atoms with Crippen LogP contribution in [0.2, 0.25) is 5.02 Å². The summed E-state index contributed by atoms with van der Waals surface area (Å²) in [6.07, 6.45) is 0.754. The minimum Gasteiger partial charge on any atom is -0.407 e. The van der Waals surface area contributed by atoms with Crippen molar-refractivity contribution < 1.29 is 28.6 Å². The van der Waals surface area contributed by atoms with E-state index in [-0.39, 0.29) is 30.4 Å². The minimum atomic E-state index is -2.35. The zero-order chi connectivity index (χ0) is 23.6. The number of ether oxygens (including phenoxy) is 1. The van der Waals surface area contributed by atoms with E-state index in [0.717, 1.165) is 18.9 Å². The van der Waals surface area contributed by atoms with Crippen LogP contribution in [0.5, 0.6) is 0 Å². The van der Waals surface area contributed by atoms with E-state index in [1.165, 1.54) is 17.0 Å². The number of hydrogen-bond acceptors (Lipinski definition) is 5. The smallest absolute Gasteiger partial charge is 0.407 e. The summed E-state index contributed by atoms with van der Waals surface area (Å²) in [6.45, 7) is 1.40. The molecule has 2 fully saturated rings. The van der Waals surface area contributed by atoms with Crippen LogP contribution in [0.4, 0.5) is 14.9 Å². The second-order valence-electron chi connectivity index (χ2n) is 8.06. The molecule has 8 nitrogen and oxygen atoms in total. The Hall–Kier alpha value is -3.17. The van der Waals surface area contributed by atoms with Crippen molar-refractivity contribution in [3.05, 3.63) is 64.4 Å². The van der Waals surface area contributed by atoms with E-state index in [4.69, 9.17) is 16.3 Å². The lowest BCUT2D eigenvalue weighted by Crippen LogP contribution is -2.46. The van der Waals surface area contributed by atoms with Crippen molar-refractivity contribution >= 4 is 35.2 Å². The number of likely N-dealkylation sites (tertiary alicyclic amines) is 1. The highest BCUT2D eigenvalue weighted by atomic mass is 35.5. The van der Waals surface area contributed by atoms with Gasteiger partial charge in [0.15, 0.2) is 0 Å². The molecule has 0 bridgehead atoms. The zero-order valence-electron chi connectivity index (χ0n) is 17.7. The average molecular weight is 476 g/mol. The summed E-state index contributed by atoms with van der Waals surface area (Å²) in [6, 6.07) is 10.4. The normalized spacial score (nSPS) is 20.3. The number of benzene rings is 2. The molecule has 0 aliphatic carbocycles. The van der Waals surface area contributed by atoms with Gasteiger partial charge in [0.05, 0.1) is 0 Å². The molecule has 0 saturated carbocycles. The van der Waals surface area contributed by atoms with Crippen LogP contribution in [-0.2, 0) is 16.1 Å². The van der Waals surface area contributed by atoms with Crippen molar-refractivity contribution in [3.8, 4) is 0 Å². The first-order valence-electron chi connectivity index (χ1n) is 10.6. The van der Waals surface area contributed by atoms with Crippen LogP contribution in [0.3, 0.4) is 0 Å². The van der Waals surface area contributed by atoms with Crippen molar-refractivity contribution in [2.45, 2.75) is 31.6 Å². The van der Waals surface area contributed by atoms with Gasteiger partial charge >= 0.3 is 6.09 Å². The van der Waals surface area contributed by atoms with Gasteiger partial charge in [-0.2, -0.15) is 0 Å². The lowest BCUT2D eigenvalue weighted by atomic mass is 10.1. The van der Waals surface area contributed by atoms with E-state index >= 15 is 0 Å². The molecule has 0 aromatic heterocycles. The Balaban J connectivity index is 1.39. The van der Waals surface area contributed by atoms with Crippen molar-refractivity contribution in [2.75, 3.05) is 24.5 Å². The van der Waals surface area contributed by atoms with Crippen LogP contribution in [-0.4, -0.2) is 53.3 Å². The molecule has 2 aliphatic heterocycles. The first-order chi connectivity index (χ1) is 15.7. The van der Waals surface area contributed by atoms with E-state index in [1.807, 2.05) is 0 Å². The number of alkyl carbamates (subject to hydrolysis) is 1. The second kappa shape index (κ2) is 9.36. The summed E-state index contributed by atoms with van der Waals surface area (Å²) in [5.41, 5.74) is 1.27. The molecular formula is C23H23ClFN3O5. The monoisotopic (exact) mass is 475 g/mol. The van der Waals surface area contributed by atoms with Crippen LogP contribution in [0.25, 0.3) is 0 Å². The van der Waals surface area contributed by atoms with Gasteiger partial charge in [-0.3, -0.25) is 9.59 Å². The van der Waals surface area contributed by atoms with Crippen LogP contribution >= 0.6 is 11.6 Å². The summed E-state index contributed by atoms with van der Waals surface area (Å²) >= 11 is 5.79. The lowest BCUT2D eigenvalue weighted by molar-refractivity contribution is -0.175. The molecule has 0 unspecified atom stereocenters. The number of halogens is 2. The van der Waals surface area contributed by atoms with Gasteiger partial charge in [-0.1, -0.05) is 17.7 Å². The molecule has 0 spiro atoms. The molecule has 174 valence electrons. The number of nitrogens with one attached hydrogen (secondary N) is 1. The molecule has 2 aromatic carbocycles. The van der Waals surface area contributed by atoms with Crippen molar-refractivity contribution in [2.24, 2.45) is 0 Å². The predicted molar refractivity (Wildman–Crippen MR) is 118 cm³/mol. The molecule has 33 heavy (non-hydrogen) atoms. The van der Waals surface area contributed by atoms with Crippen LogP contribution in [0.15, 0.2) is 42.5 Å². The number of hydrogen-bond donors (Lipinski definition) is 2. The number of aliphatic hydroxyl groups is 1. The van der Waals surface area contributed by atoms with E-state index in [9.17, 15) is 23.9 Å². The Labute approximate surface area is 194 Å². The fourth-order valence-electron chi connectivity index (χ4n) is 4.01. The first-order valence-corrected chi connectivity index (χ1v) is 11.0. The SMILES string of the molecule is O=C(NCc1cc(F)cc(Cl)c1)O[C@@]1(O)CCN(c2cccc(C(=O)N3CCCC3)c2)C1=O. The van der Waals surface area contributed by atoms with Gasteiger partial charge in [-0.25, -0.2) is 9.18 Å². The minimum absolute atomic E-state index is 0.101. The van der Waals surface area contributed by atoms with Gasteiger partial charge in [-0.05, 0) is 54.8 Å². The Morgan fingerprint density at radius 1 is 1.15 bits per heavy atom. The van der Waals surface area contributed by atoms with E-state index in [0.29, 0.717) is 29.9 Å². The zero-order valence-corrected chi connectivity index (χ0v) is 18.5. The average Bonchev–Trinajstić information content (AvgIpc) is 3.40. The van der Waals surface area contributed by atoms with Crippen LogP contribution in [0, 0.1) is 5.82 Å². The molecule has 3 amide bonds. The maximum absolute atomic E-state index is 13.4. The Morgan fingerprint density at radius 3 is 2.64 bits per heavy atom. The van der Waals surface area contributed by atoms with Gasteiger partial charge in [-0.15, -0.1) is 0 Å². The number of amides is 3. The number of nitrogens with zero attached hydrogens (tertiary/aromatic N) is 2. The third kappa shape index (κ3) is 5.09. The highest BCUT2D eigenvalue weighted by Gasteiger charge is 2.49. The van der Waals surface area contributed by atoms with Gasteiger partial charge < -0.3 is 25.0 Å². The van der Waals surface area contributed by atoms with Crippen molar-refractivity contribution in [1.29, 1.82) is 0 Å². The van der Waals surface area contributed by atoms with E-state index in [1.54, 1.807) is 29.2 Å². The molecule has 4 rings (SSSR count). The Morgan fingerprint density at radius 2 is 1.91 bits per heavy atom. The van der Waals surface area contributed by atoms with E-state index < -0.39 is 23.6 Å². The molecule has 2 saturated heterocycles. The van der Waals surface area contributed by atoms with Gasteiger partial charge in [0.2, 0.25) is 0 Å². The molecule has 2 aromatic rings. The van der Waals surface area contributed by atoms with Gasteiger partial charge in [0.1, 0.15) is 5.82 Å². The lowest BCUT2D eigenvalue weighted by Gasteiger charge is -2.23. The quantitative estimate of drug-likeness (QED) is 0.647. The molecule has 2 N–H and O–H groups in total. The summed E-state index contributed by atoms with van der Waals surface area (Å²) < 4.78 is 18.4. The molecule has 2 heterocycles. The number of carbonyl (C=O) groups excluding carboxylic acids is 3. The molecule has 10 heteroatoms. The topological polar surface area (TPSA) is 99.2 Å².